The number of Topliss-reactive ketones (excluding diaryl/α,β-unsaturated/α-hetero) is 2. The van der Waals surface area contributed by atoms with E-state index in [0.29, 0.717) is 24.2 Å². The van der Waals surface area contributed by atoms with Gasteiger partial charge in [0.1, 0.15) is 5.70 Å². The third kappa shape index (κ3) is 3.39. The Labute approximate surface area is 186 Å². The maximum absolute atomic E-state index is 13.6. The first kappa shape index (κ1) is 20.5. The van der Waals surface area contributed by atoms with Crippen molar-refractivity contribution in [2.45, 2.75) is 19.3 Å². The molecule has 6 nitrogen and oxygen atoms in total. The van der Waals surface area contributed by atoms with E-state index in [-0.39, 0.29) is 16.8 Å². The van der Waals surface area contributed by atoms with Crippen LogP contribution < -0.4 is 4.72 Å². The second-order valence-electron chi connectivity index (χ2n) is 8.06. The highest BCUT2D eigenvalue weighted by Crippen LogP contribution is 2.34. The summed E-state index contributed by atoms with van der Waals surface area (Å²) in [6.07, 6.45) is 2.70. The molecule has 0 bridgehead atoms. The zero-order valence-electron chi connectivity index (χ0n) is 17.4. The van der Waals surface area contributed by atoms with Crippen LogP contribution in [0.4, 0.5) is 5.69 Å². The summed E-state index contributed by atoms with van der Waals surface area (Å²) in [7, 11) is -4.33. The number of benzene rings is 3. The van der Waals surface area contributed by atoms with Crippen LogP contribution in [0.2, 0.25) is 0 Å². The van der Waals surface area contributed by atoms with Gasteiger partial charge in [-0.2, -0.15) is 0 Å². The number of likely N-dealkylation sites (tertiary alicyclic amines) is 1. The summed E-state index contributed by atoms with van der Waals surface area (Å²) in [5.74, 6) is -1.06. The van der Waals surface area contributed by atoms with Crippen LogP contribution >= 0.6 is 0 Å². The Bertz CT molecular complexity index is 1380. The lowest BCUT2D eigenvalue weighted by molar-refractivity contribution is 0.0939. The molecule has 1 aliphatic carbocycles. The lowest BCUT2D eigenvalue weighted by Gasteiger charge is -2.33. The van der Waals surface area contributed by atoms with E-state index in [0.717, 1.165) is 24.6 Å². The van der Waals surface area contributed by atoms with E-state index in [9.17, 15) is 18.0 Å². The SMILES string of the molecule is O=C1C(N2CCCCC2)=C(S(=O)(=O)Nc2cccc3ccccc23)C(=O)c2ccccc21. The second-order valence-corrected chi connectivity index (χ2v) is 9.68. The van der Waals surface area contributed by atoms with E-state index >= 15 is 0 Å². The standard InChI is InChI=1S/C25H22N2O4S/c28-23-19-12-4-5-13-20(19)24(29)25(22(23)27-15-6-1-7-16-27)32(30,31)26-21-14-8-10-17-9-2-3-11-18(17)21/h2-5,8-14,26H,1,6-7,15-16H2. The Kier molecular flexibility index (Phi) is 5.06. The molecule has 0 atom stereocenters. The minimum absolute atomic E-state index is 0.0128. The van der Waals surface area contributed by atoms with Gasteiger partial charge in [0.15, 0.2) is 4.91 Å². The van der Waals surface area contributed by atoms with Gasteiger partial charge in [-0.25, -0.2) is 8.42 Å². The topological polar surface area (TPSA) is 83.6 Å². The summed E-state index contributed by atoms with van der Waals surface area (Å²) in [5.41, 5.74) is 0.729. The average molecular weight is 447 g/mol. The van der Waals surface area contributed by atoms with Crippen LogP contribution in [0.15, 0.2) is 77.3 Å². The molecular formula is C25H22N2O4S. The highest BCUT2D eigenvalue weighted by Gasteiger charge is 2.41. The Balaban J connectivity index is 1.68. The quantitative estimate of drug-likeness (QED) is 0.644. The lowest BCUT2D eigenvalue weighted by Crippen LogP contribution is -2.40. The summed E-state index contributed by atoms with van der Waals surface area (Å²) in [6, 6.07) is 19.1. The number of anilines is 1. The number of hydrogen-bond acceptors (Lipinski definition) is 5. The third-order valence-electron chi connectivity index (χ3n) is 6.03. The highest BCUT2D eigenvalue weighted by atomic mass is 32.2. The number of fused-ring (bicyclic) bond motifs is 2. The number of nitrogens with one attached hydrogen (secondary N) is 1. The Morgan fingerprint density at radius 3 is 2.09 bits per heavy atom. The Morgan fingerprint density at radius 2 is 1.34 bits per heavy atom. The zero-order chi connectivity index (χ0) is 22.3. The van der Waals surface area contributed by atoms with E-state index < -0.39 is 26.5 Å². The molecule has 1 heterocycles. The fourth-order valence-electron chi connectivity index (χ4n) is 4.50. The molecule has 32 heavy (non-hydrogen) atoms. The van der Waals surface area contributed by atoms with E-state index in [4.69, 9.17) is 0 Å². The zero-order valence-corrected chi connectivity index (χ0v) is 18.2. The molecule has 5 rings (SSSR count). The molecule has 0 amide bonds. The molecule has 1 aliphatic heterocycles. The summed E-state index contributed by atoms with van der Waals surface area (Å²) in [6.45, 7) is 1.09. The van der Waals surface area contributed by atoms with Gasteiger partial charge in [-0.15, -0.1) is 0 Å². The van der Waals surface area contributed by atoms with Crippen molar-refractivity contribution in [3.05, 3.63) is 88.5 Å². The molecule has 3 aromatic rings. The van der Waals surface area contributed by atoms with Crippen LogP contribution in [0, 0.1) is 0 Å². The molecule has 0 radical (unpaired) electrons. The van der Waals surface area contributed by atoms with E-state index in [1.165, 1.54) is 6.07 Å². The monoisotopic (exact) mass is 446 g/mol. The van der Waals surface area contributed by atoms with Crippen molar-refractivity contribution in [3.8, 4) is 0 Å². The lowest BCUT2D eigenvalue weighted by atomic mass is 9.91. The van der Waals surface area contributed by atoms with Crippen molar-refractivity contribution in [3.63, 3.8) is 0 Å². The first-order valence-corrected chi connectivity index (χ1v) is 12.1. The number of allylic oxidation sites excluding steroid dienone is 2. The van der Waals surface area contributed by atoms with Crippen LogP contribution in [0.25, 0.3) is 10.8 Å². The van der Waals surface area contributed by atoms with Crippen molar-refractivity contribution in [2.75, 3.05) is 17.8 Å². The molecule has 0 saturated carbocycles. The maximum Gasteiger partial charge on any atom is 0.268 e. The molecule has 1 N–H and O–H groups in total. The molecule has 162 valence electrons. The van der Waals surface area contributed by atoms with Gasteiger partial charge in [0, 0.05) is 29.6 Å². The Morgan fingerprint density at radius 1 is 0.719 bits per heavy atom. The molecule has 1 saturated heterocycles. The van der Waals surface area contributed by atoms with Crippen molar-refractivity contribution in [1.29, 1.82) is 0 Å². The largest absolute Gasteiger partial charge is 0.367 e. The summed E-state index contributed by atoms with van der Waals surface area (Å²) in [4.78, 5) is 28.2. The molecule has 2 aliphatic rings. The van der Waals surface area contributed by atoms with Gasteiger partial charge in [0.25, 0.3) is 10.0 Å². The highest BCUT2D eigenvalue weighted by molar-refractivity contribution is 7.97. The molecule has 1 fully saturated rings. The molecule has 0 unspecified atom stereocenters. The van der Waals surface area contributed by atoms with Gasteiger partial charge in [-0.3, -0.25) is 14.3 Å². The molecule has 0 spiro atoms. The van der Waals surface area contributed by atoms with Crippen LogP contribution in [0.3, 0.4) is 0 Å². The normalized spacial score (nSPS) is 16.9. The fourth-order valence-corrected chi connectivity index (χ4v) is 5.90. The number of rotatable bonds is 4. The van der Waals surface area contributed by atoms with Crippen molar-refractivity contribution < 1.29 is 18.0 Å². The van der Waals surface area contributed by atoms with E-state index in [1.807, 2.05) is 30.3 Å². The fraction of sp³-hybridized carbons (Fsp3) is 0.200. The summed E-state index contributed by atoms with van der Waals surface area (Å²) >= 11 is 0. The number of sulfonamides is 1. The third-order valence-corrected chi connectivity index (χ3v) is 7.43. The number of carbonyl (C=O) groups excluding carboxylic acids is 2. The molecule has 3 aromatic carbocycles. The van der Waals surface area contributed by atoms with Crippen LogP contribution in [0.1, 0.15) is 40.0 Å². The minimum atomic E-state index is -4.33. The van der Waals surface area contributed by atoms with Gasteiger partial charge in [-0.05, 0) is 30.7 Å². The second kappa shape index (κ2) is 7.91. The summed E-state index contributed by atoms with van der Waals surface area (Å²) in [5, 5.41) is 1.59. The maximum atomic E-state index is 13.6. The van der Waals surface area contributed by atoms with Crippen molar-refractivity contribution in [1.82, 2.24) is 4.90 Å². The average Bonchev–Trinajstić information content (AvgIpc) is 2.82. The molecule has 7 heteroatoms. The van der Waals surface area contributed by atoms with Gasteiger partial charge in [0.05, 0.1) is 5.69 Å². The number of hydrogen-bond donors (Lipinski definition) is 1. The minimum Gasteiger partial charge on any atom is -0.367 e. The molecular weight excluding hydrogens is 424 g/mol. The van der Waals surface area contributed by atoms with Gasteiger partial charge < -0.3 is 4.90 Å². The smallest absolute Gasteiger partial charge is 0.268 e. The van der Waals surface area contributed by atoms with Crippen molar-refractivity contribution >= 4 is 38.0 Å². The first-order valence-electron chi connectivity index (χ1n) is 10.7. The Hall–Kier alpha value is -3.45. The van der Waals surface area contributed by atoms with Crippen molar-refractivity contribution in [2.24, 2.45) is 0 Å². The van der Waals surface area contributed by atoms with Crippen LogP contribution in [-0.4, -0.2) is 38.0 Å². The predicted octanol–water partition coefficient (Wildman–Crippen LogP) is 4.36. The van der Waals surface area contributed by atoms with Crippen LogP contribution in [-0.2, 0) is 10.0 Å². The molecule has 0 aromatic heterocycles. The number of ketones is 2. The first-order chi connectivity index (χ1) is 15.5. The number of nitrogens with zero attached hydrogens (tertiary/aromatic N) is 1. The van der Waals surface area contributed by atoms with Gasteiger partial charge in [-0.1, -0.05) is 60.7 Å². The predicted molar refractivity (Wildman–Crippen MR) is 124 cm³/mol. The van der Waals surface area contributed by atoms with E-state index in [2.05, 4.69) is 4.72 Å². The number of carbonyl (C=O) groups is 2. The van der Waals surface area contributed by atoms with Gasteiger partial charge >= 0.3 is 0 Å². The van der Waals surface area contributed by atoms with E-state index in [1.54, 1.807) is 35.2 Å². The summed E-state index contributed by atoms with van der Waals surface area (Å²) < 4.78 is 29.9. The number of piperidine rings is 1. The van der Waals surface area contributed by atoms with Crippen LogP contribution in [0.5, 0.6) is 0 Å². The van der Waals surface area contributed by atoms with Gasteiger partial charge in [0.2, 0.25) is 11.6 Å².